The summed E-state index contributed by atoms with van der Waals surface area (Å²) in [7, 11) is 1.79. The molecular weight excluding hydrogens is 439 g/mol. The van der Waals surface area contributed by atoms with Crippen LogP contribution >= 0.6 is 24.0 Å². The molecule has 0 aromatic heterocycles. The van der Waals surface area contributed by atoms with E-state index in [0.717, 1.165) is 51.7 Å². The Morgan fingerprint density at radius 3 is 2.92 bits per heavy atom. The predicted molar refractivity (Wildman–Crippen MR) is 120 cm³/mol. The van der Waals surface area contributed by atoms with Crippen LogP contribution < -0.4 is 10.2 Å². The fourth-order valence-electron chi connectivity index (χ4n) is 3.96. The van der Waals surface area contributed by atoms with Crippen LogP contribution in [0.2, 0.25) is 0 Å². The van der Waals surface area contributed by atoms with Crippen molar-refractivity contribution in [2.45, 2.75) is 32.7 Å². The third-order valence-corrected chi connectivity index (χ3v) is 5.28. The molecule has 1 N–H and O–H groups in total. The topological polar surface area (TPSA) is 40.1 Å². The van der Waals surface area contributed by atoms with Crippen molar-refractivity contribution in [2.75, 3.05) is 51.3 Å². The maximum atomic E-state index is 5.32. The molecule has 2 aliphatic heterocycles. The van der Waals surface area contributed by atoms with Gasteiger partial charge < -0.3 is 19.9 Å². The van der Waals surface area contributed by atoms with E-state index in [9.17, 15) is 0 Å². The van der Waals surface area contributed by atoms with Crippen LogP contribution in [0.3, 0.4) is 0 Å². The van der Waals surface area contributed by atoms with E-state index in [0.29, 0.717) is 12.0 Å². The minimum absolute atomic E-state index is 0. The summed E-state index contributed by atoms with van der Waals surface area (Å²) in [4.78, 5) is 9.84. The van der Waals surface area contributed by atoms with Crippen LogP contribution in [-0.4, -0.2) is 63.3 Å². The van der Waals surface area contributed by atoms with Crippen LogP contribution in [-0.2, 0) is 11.2 Å². The molecule has 2 aliphatic rings. The van der Waals surface area contributed by atoms with Crippen LogP contribution in [0.15, 0.2) is 29.3 Å². The van der Waals surface area contributed by atoms with Gasteiger partial charge in [-0.2, -0.15) is 0 Å². The second-order valence-electron chi connectivity index (χ2n) is 7.17. The first-order chi connectivity index (χ1) is 12.2. The summed E-state index contributed by atoms with van der Waals surface area (Å²) in [6.07, 6.45) is 2.34. The van der Waals surface area contributed by atoms with E-state index in [-0.39, 0.29) is 24.0 Å². The SMILES string of the molecule is CCNC(=NCC(C)N1CCc2ccccc21)N1CCC(COC)C1.I. The summed E-state index contributed by atoms with van der Waals surface area (Å²) in [6.45, 7) is 10.2. The number of methoxy groups -OCH3 is 1. The van der Waals surface area contributed by atoms with Crippen LogP contribution in [0.1, 0.15) is 25.8 Å². The van der Waals surface area contributed by atoms with Gasteiger partial charge in [0.15, 0.2) is 5.96 Å². The lowest BCUT2D eigenvalue weighted by Gasteiger charge is -2.27. The van der Waals surface area contributed by atoms with Gasteiger partial charge in [-0.05, 0) is 38.3 Å². The molecule has 1 fully saturated rings. The predicted octanol–water partition coefficient (Wildman–Crippen LogP) is 2.99. The third kappa shape index (κ3) is 5.03. The van der Waals surface area contributed by atoms with Gasteiger partial charge in [-0.3, -0.25) is 4.99 Å². The second kappa shape index (κ2) is 10.3. The van der Waals surface area contributed by atoms with Crippen LogP contribution in [0.25, 0.3) is 0 Å². The van der Waals surface area contributed by atoms with Crippen molar-refractivity contribution in [3.63, 3.8) is 0 Å². The second-order valence-corrected chi connectivity index (χ2v) is 7.17. The highest BCUT2D eigenvalue weighted by molar-refractivity contribution is 14.0. The number of guanidine groups is 1. The van der Waals surface area contributed by atoms with Crippen molar-refractivity contribution >= 4 is 35.6 Å². The van der Waals surface area contributed by atoms with Gasteiger partial charge in [-0.25, -0.2) is 0 Å². The fraction of sp³-hybridized carbons (Fsp3) is 0.650. The third-order valence-electron chi connectivity index (χ3n) is 5.28. The summed E-state index contributed by atoms with van der Waals surface area (Å²) in [5, 5.41) is 3.47. The van der Waals surface area contributed by atoms with Gasteiger partial charge in [-0.15, -0.1) is 24.0 Å². The van der Waals surface area contributed by atoms with E-state index < -0.39 is 0 Å². The number of rotatable bonds is 6. The molecule has 2 heterocycles. The minimum Gasteiger partial charge on any atom is -0.384 e. The average Bonchev–Trinajstić information content (AvgIpc) is 3.25. The summed E-state index contributed by atoms with van der Waals surface area (Å²) in [6, 6.07) is 9.17. The minimum atomic E-state index is 0. The molecule has 6 heteroatoms. The number of ether oxygens (including phenoxy) is 1. The Morgan fingerprint density at radius 2 is 2.15 bits per heavy atom. The van der Waals surface area contributed by atoms with Gasteiger partial charge in [0.25, 0.3) is 0 Å². The molecule has 2 unspecified atom stereocenters. The van der Waals surface area contributed by atoms with Crippen LogP contribution in [0.5, 0.6) is 0 Å². The number of nitrogens with one attached hydrogen (secondary N) is 1. The van der Waals surface area contributed by atoms with Crippen molar-refractivity contribution in [2.24, 2.45) is 10.9 Å². The molecule has 1 aromatic carbocycles. The average molecular weight is 472 g/mol. The number of hydrogen-bond acceptors (Lipinski definition) is 3. The molecule has 1 aromatic rings. The Kier molecular flexibility index (Phi) is 8.47. The van der Waals surface area contributed by atoms with Crippen molar-refractivity contribution in [1.29, 1.82) is 0 Å². The number of hydrogen-bond donors (Lipinski definition) is 1. The summed E-state index contributed by atoms with van der Waals surface area (Å²) in [5.41, 5.74) is 2.85. The highest BCUT2D eigenvalue weighted by Gasteiger charge is 2.26. The van der Waals surface area contributed by atoms with E-state index in [1.807, 2.05) is 0 Å². The zero-order chi connectivity index (χ0) is 17.6. The lowest BCUT2D eigenvalue weighted by molar-refractivity contribution is 0.157. The Hall–Kier alpha value is -1.02. The maximum Gasteiger partial charge on any atom is 0.193 e. The van der Waals surface area contributed by atoms with Gasteiger partial charge in [0.05, 0.1) is 13.2 Å². The van der Waals surface area contributed by atoms with Gasteiger partial charge in [-0.1, -0.05) is 18.2 Å². The molecule has 0 aliphatic carbocycles. The molecular formula is C20H33IN4O. The smallest absolute Gasteiger partial charge is 0.193 e. The Balaban J connectivity index is 0.00000243. The zero-order valence-corrected chi connectivity index (χ0v) is 18.6. The van der Waals surface area contributed by atoms with Gasteiger partial charge in [0, 0.05) is 50.9 Å². The standard InChI is InChI=1S/C20H32N4O.HI/c1-4-21-20(23-11-9-17(14-23)15-25-3)22-13-16(2)24-12-10-18-7-5-6-8-19(18)24;/h5-8,16-17H,4,9-15H2,1-3H3,(H,21,22);1H. The monoisotopic (exact) mass is 472 g/mol. The summed E-state index contributed by atoms with van der Waals surface area (Å²) in [5.74, 6) is 1.68. The summed E-state index contributed by atoms with van der Waals surface area (Å²) >= 11 is 0. The first-order valence-corrected chi connectivity index (χ1v) is 9.59. The first-order valence-electron chi connectivity index (χ1n) is 9.59. The molecule has 0 saturated carbocycles. The quantitative estimate of drug-likeness (QED) is 0.393. The van der Waals surface area contributed by atoms with Gasteiger partial charge in [0.1, 0.15) is 0 Å². The highest BCUT2D eigenvalue weighted by Crippen LogP contribution is 2.29. The van der Waals surface area contributed by atoms with Gasteiger partial charge in [0.2, 0.25) is 0 Å². The van der Waals surface area contributed by atoms with Crippen LogP contribution in [0, 0.1) is 5.92 Å². The molecule has 0 radical (unpaired) electrons. The Bertz CT molecular complexity index is 595. The molecule has 2 atom stereocenters. The molecule has 0 bridgehead atoms. The largest absolute Gasteiger partial charge is 0.384 e. The van der Waals surface area contributed by atoms with E-state index >= 15 is 0 Å². The molecule has 0 amide bonds. The maximum absolute atomic E-state index is 5.32. The normalized spacial score (nSPS) is 20.7. The van der Waals surface area contributed by atoms with Gasteiger partial charge >= 0.3 is 0 Å². The highest BCUT2D eigenvalue weighted by atomic mass is 127. The lowest BCUT2D eigenvalue weighted by Crippen LogP contribution is -2.42. The van der Waals surface area contributed by atoms with Crippen molar-refractivity contribution in [1.82, 2.24) is 10.2 Å². The van der Waals surface area contributed by atoms with Crippen molar-refractivity contribution < 1.29 is 4.74 Å². The van der Waals surface area contributed by atoms with Crippen LogP contribution in [0.4, 0.5) is 5.69 Å². The number of fused-ring (bicyclic) bond motifs is 1. The zero-order valence-electron chi connectivity index (χ0n) is 16.3. The van der Waals surface area contributed by atoms with Crippen molar-refractivity contribution in [3.8, 4) is 0 Å². The Labute approximate surface area is 175 Å². The number of benzene rings is 1. The number of anilines is 1. The number of halogens is 1. The first kappa shape index (κ1) is 21.3. The van der Waals surface area contributed by atoms with E-state index in [1.165, 1.54) is 17.7 Å². The van der Waals surface area contributed by atoms with E-state index in [2.05, 4.69) is 53.2 Å². The van der Waals surface area contributed by atoms with E-state index in [1.54, 1.807) is 7.11 Å². The molecule has 1 saturated heterocycles. The molecule has 0 spiro atoms. The van der Waals surface area contributed by atoms with E-state index in [4.69, 9.17) is 9.73 Å². The molecule has 26 heavy (non-hydrogen) atoms. The lowest BCUT2D eigenvalue weighted by atomic mass is 10.1. The number of aliphatic imine (C=N–C) groups is 1. The number of para-hydroxylation sites is 1. The fourth-order valence-corrected chi connectivity index (χ4v) is 3.96. The Morgan fingerprint density at radius 1 is 1.35 bits per heavy atom. The number of nitrogens with zero attached hydrogens (tertiary/aromatic N) is 3. The molecule has 146 valence electrons. The summed E-state index contributed by atoms with van der Waals surface area (Å²) < 4.78 is 5.32. The molecule has 5 nitrogen and oxygen atoms in total. The van der Waals surface area contributed by atoms with Crippen molar-refractivity contribution in [3.05, 3.63) is 29.8 Å². The number of likely N-dealkylation sites (tertiary alicyclic amines) is 1. The molecule has 3 rings (SSSR count).